The molecule has 5 heteroatoms. The number of hydrogen-bond donors (Lipinski definition) is 0. The summed E-state index contributed by atoms with van der Waals surface area (Å²) in [6.07, 6.45) is 2.74. The van der Waals surface area contributed by atoms with E-state index in [1.54, 1.807) is 0 Å². The third-order valence-corrected chi connectivity index (χ3v) is 4.91. The molecule has 0 aliphatic rings. The molecule has 1 atom stereocenters. The second-order valence-electron chi connectivity index (χ2n) is 5.01. The van der Waals surface area contributed by atoms with Gasteiger partial charge in [0, 0.05) is 12.1 Å². The molecule has 0 saturated heterocycles. The van der Waals surface area contributed by atoms with Gasteiger partial charge in [0.2, 0.25) is 0 Å². The maximum atomic E-state index is 11.2. The van der Waals surface area contributed by atoms with Crippen molar-refractivity contribution in [3.05, 3.63) is 45.4 Å². The van der Waals surface area contributed by atoms with E-state index in [9.17, 15) is 4.79 Å². The standard InChI is InChI=1S/C16H19ClN2OS/c1-4-5-14-15(10-20)21-16(18-14)19(3)11(2)12-6-8-13(17)9-7-12/h6-11H,4-5H2,1-3H3. The first-order valence-electron chi connectivity index (χ1n) is 7.00. The zero-order valence-corrected chi connectivity index (χ0v) is 14.0. The van der Waals surface area contributed by atoms with Crippen molar-refractivity contribution in [3.63, 3.8) is 0 Å². The molecule has 1 aromatic heterocycles. The number of benzene rings is 1. The smallest absolute Gasteiger partial charge is 0.186 e. The number of carbonyl (C=O) groups is 1. The number of halogens is 1. The third kappa shape index (κ3) is 3.63. The number of carbonyl (C=O) groups excluding carboxylic acids is 1. The monoisotopic (exact) mass is 322 g/mol. The average molecular weight is 323 g/mol. The molecule has 112 valence electrons. The van der Waals surface area contributed by atoms with E-state index in [0.717, 1.165) is 39.9 Å². The van der Waals surface area contributed by atoms with Crippen LogP contribution in [0.5, 0.6) is 0 Å². The summed E-state index contributed by atoms with van der Waals surface area (Å²) in [5.41, 5.74) is 2.07. The molecule has 0 aliphatic heterocycles. The van der Waals surface area contributed by atoms with E-state index in [1.165, 1.54) is 16.9 Å². The average Bonchev–Trinajstić information content (AvgIpc) is 2.90. The number of aryl methyl sites for hydroxylation is 1. The number of aldehydes is 1. The van der Waals surface area contributed by atoms with Crippen LogP contribution in [0.3, 0.4) is 0 Å². The summed E-state index contributed by atoms with van der Waals surface area (Å²) in [6.45, 7) is 4.21. The fourth-order valence-corrected chi connectivity index (χ4v) is 3.23. The zero-order valence-electron chi connectivity index (χ0n) is 12.5. The van der Waals surface area contributed by atoms with Crippen LogP contribution < -0.4 is 4.90 Å². The van der Waals surface area contributed by atoms with Crippen molar-refractivity contribution in [3.8, 4) is 0 Å². The molecule has 0 saturated carbocycles. The molecule has 21 heavy (non-hydrogen) atoms. The van der Waals surface area contributed by atoms with Gasteiger partial charge < -0.3 is 4.90 Å². The van der Waals surface area contributed by atoms with Crippen molar-refractivity contribution in [1.82, 2.24) is 4.98 Å². The fraction of sp³-hybridized carbons (Fsp3) is 0.375. The van der Waals surface area contributed by atoms with Gasteiger partial charge in [0.15, 0.2) is 11.4 Å². The van der Waals surface area contributed by atoms with Crippen molar-refractivity contribution < 1.29 is 4.79 Å². The maximum absolute atomic E-state index is 11.2. The summed E-state index contributed by atoms with van der Waals surface area (Å²) >= 11 is 7.38. The number of aromatic nitrogens is 1. The van der Waals surface area contributed by atoms with Crippen LogP contribution in [-0.4, -0.2) is 18.3 Å². The van der Waals surface area contributed by atoms with E-state index in [0.29, 0.717) is 0 Å². The van der Waals surface area contributed by atoms with Crippen LogP contribution >= 0.6 is 22.9 Å². The maximum Gasteiger partial charge on any atom is 0.186 e. The topological polar surface area (TPSA) is 33.2 Å². The highest BCUT2D eigenvalue weighted by atomic mass is 35.5. The molecule has 1 aromatic carbocycles. The largest absolute Gasteiger partial charge is 0.344 e. The predicted molar refractivity (Wildman–Crippen MR) is 89.8 cm³/mol. The summed E-state index contributed by atoms with van der Waals surface area (Å²) in [4.78, 5) is 18.6. The predicted octanol–water partition coefficient (Wildman–Crippen LogP) is 4.76. The van der Waals surface area contributed by atoms with Gasteiger partial charge in [0.1, 0.15) is 0 Å². The van der Waals surface area contributed by atoms with Gasteiger partial charge in [-0.05, 0) is 31.0 Å². The van der Waals surface area contributed by atoms with Crippen LogP contribution in [0.25, 0.3) is 0 Å². The van der Waals surface area contributed by atoms with E-state index in [-0.39, 0.29) is 6.04 Å². The molecule has 0 aliphatic carbocycles. The Bertz CT molecular complexity index is 609. The van der Waals surface area contributed by atoms with E-state index in [4.69, 9.17) is 11.6 Å². The first-order chi connectivity index (χ1) is 10.1. The van der Waals surface area contributed by atoms with Gasteiger partial charge in [-0.15, -0.1) is 0 Å². The first-order valence-corrected chi connectivity index (χ1v) is 8.19. The minimum Gasteiger partial charge on any atom is -0.344 e. The van der Waals surface area contributed by atoms with Gasteiger partial charge in [0.05, 0.1) is 16.6 Å². The molecule has 0 radical (unpaired) electrons. The summed E-state index contributed by atoms with van der Waals surface area (Å²) in [6, 6.07) is 7.99. The number of nitrogens with zero attached hydrogens (tertiary/aromatic N) is 2. The van der Waals surface area contributed by atoms with Crippen LogP contribution in [0.4, 0.5) is 5.13 Å². The molecule has 1 unspecified atom stereocenters. The Kier molecular flexibility index (Phi) is 5.37. The van der Waals surface area contributed by atoms with Crippen molar-refractivity contribution in [1.29, 1.82) is 0 Å². The van der Waals surface area contributed by atoms with E-state index < -0.39 is 0 Å². The van der Waals surface area contributed by atoms with Crippen molar-refractivity contribution >= 4 is 34.4 Å². The van der Waals surface area contributed by atoms with E-state index >= 15 is 0 Å². The van der Waals surface area contributed by atoms with Crippen molar-refractivity contribution in [2.75, 3.05) is 11.9 Å². The molecule has 2 aromatic rings. The second-order valence-corrected chi connectivity index (χ2v) is 6.46. The van der Waals surface area contributed by atoms with Gasteiger partial charge in [-0.25, -0.2) is 4.98 Å². The third-order valence-electron chi connectivity index (χ3n) is 3.55. The van der Waals surface area contributed by atoms with Crippen molar-refractivity contribution in [2.24, 2.45) is 0 Å². The quantitative estimate of drug-likeness (QED) is 0.719. The highest BCUT2D eigenvalue weighted by Crippen LogP contribution is 2.31. The Hall–Kier alpha value is -1.39. The van der Waals surface area contributed by atoms with E-state index in [2.05, 4.69) is 23.7 Å². The molecule has 1 heterocycles. The molecule has 0 spiro atoms. The summed E-state index contributed by atoms with van der Waals surface area (Å²) in [5.74, 6) is 0. The fourth-order valence-electron chi connectivity index (χ4n) is 2.14. The highest BCUT2D eigenvalue weighted by molar-refractivity contribution is 7.17. The van der Waals surface area contributed by atoms with Crippen LogP contribution in [0, 0.1) is 0 Å². The minimum absolute atomic E-state index is 0.169. The van der Waals surface area contributed by atoms with Gasteiger partial charge in [-0.3, -0.25) is 4.79 Å². The van der Waals surface area contributed by atoms with Crippen LogP contribution in [0.15, 0.2) is 24.3 Å². The molecule has 3 nitrogen and oxygen atoms in total. The first kappa shape index (κ1) is 16.0. The Balaban J connectivity index is 2.24. The highest BCUT2D eigenvalue weighted by Gasteiger charge is 2.18. The van der Waals surface area contributed by atoms with Gasteiger partial charge in [0.25, 0.3) is 0 Å². The van der Waals surface area contributed by atoms with Gasteiger partial charge in [-0.2, -0.15) is 0 Å². The summed E-state index contributed by atoms with van der Waals surface area (Å²) in [5, 5.41) is 1.61. The molecule has 0 N–H and O–H groups in total. The van der Waals surface area contributed by atoms with Crippen LogP contribution in [0.2, 0.25) is 5.02 Å². The Morgan fingerprint density at radius 1 is 1.38 bits per heavy atom. The lowest BCUT2D eigenvalue weighted by Gasteiger charge is -2.24. The lowest BCUT2D eigenvalue weighted by atomic mass is 10.1. The molecular weight excluding hydrogens is 304 g/mol. The number of rotatable bonds is 6. The van der Waals surface area contributed by atoms with Crippen LogP contribution in [0.1, 0.15) is 47.2 Å². The Labute approximate surface area is 134 Å². The zero-order chi connectivity index (χ0) is 15.4. The lowest BCUT2D eigenvalue weighted by Crippen LogP contribution is -2.21. The molecule has 0 bridgehead atoms. The van der Waals surface area contributed by atoms with Gasteiger partial charge >= 0.3 is 0 Å². The van der Waals surface area contributed by atoms with Gasteiger partial charge in [-0.1, -0.05) is 48.4 Å². The molecule has 2 rings (SSSR count). The number of anilines is 1. The van der Waals surface area contributed by atoms with Crippen molar-refractivity contribution in [2.45, 2.75) is 32.7 Å². The molecule has 0 amide bonds. The minimum atomic E-state index is 0.169. The Morgan fingerprint density at radius 2 is 2.05 bits per heavy atom. The lowest BCUT2D eigenvalue weighted by molar-refractivity contribution is 0.112. The molecular formula is C16H19ClN2OS. The SMILES string of the molecule is CCCc1nc(N(C)C(C)c2ccc(Cl)cc2)sc1C=O. The number of thiazole rings is 1. The van der Waals surface area contributed by atoms with Crippen LogP contribution in [-0.2, 0) is 6.42 Å². The summed E-state index contributed by atoms with van der Waals surface area (Å²) in [7, 11) is 2.00. The number of hydrogen-bond acceptors (Lipinski definition) is 4. The summed E-state index contributed by atoms with van der Waals surface area (Å²) < 4.78 is 0. The normalized spacial score (nSPS) is 12.2. The Morgan fingerprint density at radius 3 is 2.62 bits per heavy atom. The molecule has 0 fully saturated rings. The second kappa shape index (κ2) is 7.05. The van der Waals surface area contributed by atoms with E-state index in [1.807, 2.05) is 31.3 Å².